The van der Waals surface area contributed by atoms with Crippen LogP contribution in [0.25, 0.3) is 0 Å². The van der Waals surface area contributed by atoms with Gasteiger partial charge < -0.3 is 14.7 Å². The minimum absolute atomic E-state index is 0.0249. The van der Waals surface area contributed by atoms with Crippen LogP contribution in [-0.2, 0) is 0 Å². The monoisotopic (exact) mass is 367 g/mol. The minimum atomic E-state index is 0.0249. The van der Waals surface area contributed by atoms with E-state index in [4.69, 9.17) is 0 Å². The van der Waals surface area contributed by atoms with Gasteiger partial charge in [-0.1, -0.05) is 12.8 Å². The van der Waals surface area contributed by atoms with Crippen molar-refractivity contribution in [3.05, 3.63) is 36.5 Å². The van der Waals surface area contributed by atoms with Crippen molar-refractivity contribution in [3.8, 4) is 0 Å². The molecule has 142 valence electrons. The Labute approximate surface area is 159 Å². The number of likely N-dealkylation sites (tertiary alicyclic amines) is 1. The third-order valence-corrected chi connectivity index (χ3v) is 5.20. The highest BCUT2D eigenvalue weighted by atomic mass is 16.2. The summed E-state index contributed by atoms with van der Waals surface area (Å²) in [6, 6.07) is 3.66. The molecule has 0 unspecified atom stereocenters. The standard InChI is InChI=1S/C19H25N7O/c27-18(25-8-3-1-2-4-9-25)16-14-17(23-15-22-16)24-10-12-26(13-11-24)19-20-6-5-7-21-19/h5-7,14-15H,1-4,8-13H2. The maximum absolute atomic E-state index is 12.8. The predicted octanol–water partition coefficient (Wildman–Crippen LogP) is 1.61. The average molecular weight is 367 g/mol. The van der Waals surface area contributed by atoms with E-state index in [-0.39, 0.29) is 5.91 Å². The number of amides is 1. The third-order valence-electron chi connectivity index (χ3n) is 5.20. The largest absolute Gasteiger partial charge is 0.353 e. The summed E-state index contributed by atoms with van der Waals surface area (Å²) in [4.78, 5) is 36.4. The molecule has 8 nitrogen and oxygen atoms in total. The lowest BCUT2D eigenvalue weighted by Gasteiger charge is -2.35. The fraction of sp³-hybridized carbons (Fsp3) is 0.526. The second-order valence-electron chi connectivity index (χ2n) is 6.99. The Balaban J connectivity index is 1.41. The fourth-order valence-electron chi connectivity index (χ4n) is 3.66. The summed E-state index contributed by atoms with van der Waals surface area (Å²) in [7, 11) is 0. The van der Waals surface area contributed by atoms with Crippen molar-refractivity contribution in [1.29, 1.82) is 0 Å². The number of carbonyl (C=O) groups excluding carboxylic acids is 1. The maximum Gasteiger partial charge on any atom is 0.272 e. The van der Waals surface area contributed by atoms with Gasteiger partial charge in [0.1, 0.15) is 17.8 Å². The summed E-state index contributed by atoms with van der Waals surface area (Å²) in [5, 5.41) is 0. The third kappa shape index (κ3) is 4.15. The number of hydrogen-bond acceptors (Lipinski definition) is 7. The molecule has 2 saturated heterocycles. The summed E-state index contributed by atoms with van der Waals surface area (Å²) in [5.74, 6) is 1.60. The summed E-state index contributed by atoms with van der Waals surface area (Å²) < 4.78 is 0. The summed E-state index contributed by atoms with van der Waals surface area (Å²) >= 11 is 0. The van der Waals surface area contributed by atoms with E-state index in [1.165, 1.54) is 19.2 Å². The van der Waals surface area contributed by atoms with Crippen LogP contribution in [0, 0.1) is 0 Å². The van der Waals surface area contributed by atoms with Crippen molar-refractivity contribution in [2.24, 2.45) is 0 Å². The second-order valence-corrected chi connectivity index (χ2v) is 6.99. The first-order valence-corrected chi connectivity index (χ1v) is 9.69. The molecule has 4 rings (SSSR count). The summed E-state index contributed by atoms with van der Waals surface area (Å²) in [6.07, 6.45) is 9.59. The molecule has 2 aromatic heterocycles. The molecule has 27 heavy (non-hydrogen) atoms. The van der Waals surface area contributed by atoms with Crippen LogP contribution in [0.4, 0.5) is 11.8 Å². The Morgan fingerprint density at radius 3 is 2.15 bits per heavy atom. The van der Waals surface area contributed by atoms with Gasteiger partial charge in [-0.25, -0.2) is 19.9 Å². The van der Waals surface area contributed by atoms with E-state index in [1.54, 1.807) is 12.4 Å². The van der Waals surface area contributed by atoms with Crippen molar-refractivity contribution >= 4 is 17.7 Å². The first-order chi connectivity index (χ1) is 13.3. The quantitative estimate of drug-likeness (QED) is 0.815. The highest BCUT2D eigenvalue weighted by Gasteiger charge is 2.23. The Morgan fingerprint density at radius 2 is 1.44 bits per heavy atom. The van der Waals surface area contributed by atoms with Gasteiger partial charge in [-0.3, -0.25) is 4.79 Å². The molecule has 0 spiro atoms. The molecule has 1 amide bonds. The van der Waals surface area contributed by atoms with E-state index >= 15 is 0 Å². The van der Waals surface area contributed by atoms with Crippen LogP contribution in [0.5, 0.6) is 0 Å². The number of aromatic nitrogens is 4. The minimum Gasteiger partial charge on any atom is -0.353 e. The van der Waals surface area contributed by atoms with Crippen LogP contribution in [-0.4, -0.2) is 70.0 Å². The van der Waals surface area contributed by atoms with Crippen LogP contribution < -0.4 is 9.80 Å². The lowest BCUT2D eigenvalue weighted by Crippen LogP contribution is -2.47. The van der Waals surface area contributed by atoms with Crippen molar-refractivity contribution in [3.63, 3.8) is 0 Å². The number of carbonyl (C=O) groups is 1. The van der Waals surface area contributed by atoms with E-state index in [9.17, 15) is 4.79 Å². The molecule has 2 aliphatic heterocycles. The van der Waals surface area contributed by atoms with Crippen molar-refractivity contribution < 1.29 is 4.79 Å². The molecule has 2 aliphatic rings. The van der Waals surface area contributed by atoms with E-state index in [0.29, 0.717) is 5.69 Å². The van der Waals surface area contributed by atoms with Gasteiger partial charge in [0.15, 0.2) is 0 Å². The fourth-order valence-corrected chi connectivity index (χ4v) is 3.66. The normalized spacial score (nSPS) is 18.3. The van der Waals surface area contributed by atoms with Gasteiger partial charge in [0.25, 0.3) is 5.91 Å². The zero-order chi connectivity index (χ0) is 18.5. The lowest BCUT2D eigenvalue weighted by atomic mass is 10.2. The van der Waals surface area contributed by atoms with Gasteiger partial charge in [-0.05, 0) is 18.9 Å². The van der Waals surface area contributed by atoms with E-state index in [1.807, 2.05) is 17.0 Å². The topological polar surface area (TPSA) is 78.4 Å². The van der Waals surface area contributed by atoms with Crippen LogP contribution >= 0.6 is 0 Å². The number of rotatable bonds is 3. The van der Waals surface area contributed by atoms with Gasteiger partial charge in [0, 0.05) is 57.7 Å². The Bertz CT molecular complexity index is 754. The van der Waals surface area contributed by atoms with Gasteiger partial charge >= 0.3 is 0 Å². The van der Waals surface area contributed by atoms with Crippen LogP contribution in [0.3, 0.4) is 0 Å². The molecule has 0 radical (unpaired) electrons. The number of nitrogens with zero attached hydrogens (tertiary/aromatic N) is 7. The van der Waals surface area contributed by atoms with Crippen molar-refractivity contribution in [2.45, 2.75) is 25.7 Å². The molecule has 0 aliphatic carbocycles. The molecular formula is C19H25N7O. The van der Waals surface area contributed by atoms with Crippen LogP contribution in [0.15, 0.2) is 30.9 Å². The zero-order valence-corrected chi connectivity index (χ0v) is 15.5. The van der Waals surface area contributed by atoms with Gasteiger partial charge in [0.05, 0.1) is 0 Å². The predicted molar refractivity (Wildman–Crippen MR) is 103 cm³/mol. The number of hydrogen-bond donors (Lipinski definition) is 0. The van der Waals surface area contributed by atoms with Gasteiger partial charge in [-0.2, -0.15) is 0 Å². The number of piperazine rings is 1. The maximum atomic E-state index is 12.8. The summed E-state index contributed by atoms with van der Waals surface area (Å²) in [6.45, 7) is 4.92. The van der Waals surface area contributed by atoms with Gasteiger partial charge in [0.2, 0.25) is 5.95 Å². The molecule has 2 aromatic rings. The van der Waals surface area contributed by atoms with Crippen molar-refractivity contribution in [1.82, 2.24) is 24.8 Å². The Hall–Kier alpha value is -2.77. The smallest absolute Gasteiger partial charge is 0.272 e. The molecule has 4 heterocycles. The molecule has 0 bridgehead atoms. The highest BCUT2D eigenvalue weighted by molar-refractivity contribution is 5.93. The highest BCUT2D eigenvalue weighted by Crippen LogP contribution is 2.18. The molecule has 0 saturated carbocycles. The van der Waals surface area contributed by atoms with Crippen LogP contribution in [0.1, 0.15) is 36.2 Å². The Kier molecular flexibility index (Phi) is 5.41. The molecule has 8 heteroatoms. The second kappa shape index (κ2) is 8.28. The van der Waals surface area contributed by atoms with Crippen LogP contribution in [0.2, 0.25) is 0 Å². The van der Waals surface area contributed by atoms with E-state index in [2.05, 4.69) is 29.7 Å². The first kappa shape index (κ1) is 17.6. The Morgan fingerprint density at radius 1 is 0.778 bits per heavy atom. The number of anilines is 2. The van der Waals surface area contributed by atoms with E-state index < -0.39 is 0 Å². The molecule has 0 aromatic carbocycles. The molecule has 0 atom stereocenters. The SMILES string of the molecule is O=C(c1cc(N2CCN(c3ncccn3)CC2)ncn1)N1CCCCCC1. The van der Waals surface area contributed by atoms with Crippen molar-refractivity contribution in [2.75, 3.05) is 49.1 Å². The molecule has 0 N–H and O–H groups in total. The van der Waals surface area contributed by atoms with E-state index in [0.717, 1.165) is 63.9 Å². The van der Waals surface area contributed by atoms with Gasteiger partial charge in [-0.15, -0.1) is 0 Å². The molecular weight excluding hydrogens is 342 g/mol. The lowest BCUT2D eigenvalue weighted by molar-refractivity contribution is 0.0755. The average Bonchev–Trinajstić information content (AvgIpc) is 3.04. The molecule has 2 fully saturated rings. The zero-order valence-electron chi connectivity index (χ0n) is 15.5. The first-order valence-electron chi connectivity index (χ1n) is 9.69. The summed E-state index contributed by atoms with van der Waals surface area (Å²) in [5.41, 5.74) is 0.496.